The number of carbonyl (C=O) groups is 1. The number of ether oxygens (including phenoxy) is 1. The topological polar surface area (TPSA) is 64.1 Å². The number of methoxy groups -OCH3 is 1. The minimum atomic E-state index is -0.750. The molecule has 5 nitrogen and oxygen atoms in total. The monoisotopic (exact) mass is 232 g/mol. The summed E-state index contributed by atoms with van der Waals surface area (Å²) in [6, 6.07) is 8.27. The van der Waals surface area contributed by atoms with Gasteiger partial charge in [0.1, 0.15) is 0 Å². The first-order valence-corrected chi connectivity index (χ1v) is 5.12. The predicted octanol–water partition coefficient (Wildman–Crippen LogP) is 0.939. The molecule has 0 aliphatic heterocycles. The quantitative estimate of drug-likeness (QED) is 0.801. The van der Waals surface area contributed by atoms with Gasteiger partial charge >= 0.3 is 11.7 Å². The zero-order chi connectivity index (χ0) is 12.3. The fraction of sp³-hybridized carbons (Fsp3) is 0.167. The van der Waals surface area contributed by atoms with Gasteiger partial charge in [-0.3, -0.25) is 4.57 Å². The average molecular weight is 232 g/mol. The number of aromatic nitrogens is 2. The van der Waals surface area contributed by atoms with Crippen LogP contribution in [0.25, 0.3) is 0 Å². The maximum absolute atomic E-state index is 11.8. The summed E-state index contributed by atoms with van der Waals surface area (Å²) in [5, 5.41) is 0. The van der Waals surface area contributed by atoms with E-state index in [0.717, 1.165) is 0 Å². The molecule has 1 aromatic heterocycles. The van der Waals surface area contributed by atoms with Gasteiger partial charge in [-0.1, -0.05) is 30.3 Å². The van der Waals surface area contributed by atoms with Gasteiger partial charge in [-0.05, 0) is 5.56 Å². The maximum Gasteiger partial charge on any atom is 0.333 e. The number of benzene rings is 1. The van der Waals surface area contributed by atoms with Crippen molar-refractivity contribution >= 4 is 5.97 Å². The second-order valence-corrected chi connectivity index (χ2v) is 3.51. The highest BCUT2D eigenvalue weighted by atomic mass is 16.5. The third-order valence-electron chi connectivity index (χ3n) is 2.49. The van der Waals surface area contributed by atoms with Crippen LogP contribution in [0.5, 0.6) is 0 Å². The van der Waals surface area contributed by atoms with E-state index in [0.29, 0.717) is 5.56 Å². The first-order valence-electron chi connectivity index (χ1n) is 5.12. The number of aromatic amines is 1. The van der Waals surface area contributed by atoms with Crippen LogP contribution >= 0.6 is 0 Å². The van der Waals surface area contributed by atoms with Gasteiger partial charge in [-0.2, -0.15) is 0 Å². The second-order valence-electron chi connectivity index (χ2n) is 3.51. The number of imidazole rings is 1. The minimum Gasteiger partial charge on any atom is -0.467 e. The van der Waals surface area contributed by atoms with Gasteiger partial charge < -0.3 is 9.72 Å². The molecule has 0 amide bonds. The number of esters is 1. The van der Waals surface area contributed by atoms with Crippen LogP contribution in [0.3, 0.4) is 0 Å². The molecule has 2 rings (SSSR count). The van der Waals surface area contributed by atoms with E-state index in [2.05, 4.69) is 4.98 Å². The molecule has 17 heavy (non-hydrogen) atoms. The van der Waals surface area contributed by atoms with Gasteiger partial charge in [0.25, 0.3) is 0 Å². The number of nitrogens with one attached hydrogen (secondary N) is 1. The number of carbonyl (C=O) groups excluding carboxylic acids is 1. The molecular formula is C12H12N2O3. The lowest BCUT2D eigenvalue weighted by Gasteiger charge is -2.15. The van der Waals surface area contributed by atoms with Gasteiger partial charge in [0.2, 0.25) is 0 Å². The summed E-state index contributed by atoms with van der Waals surface area (Å²) in [6.45, 7) is 0. The van der Waals surface area contributed by atoms with Gasteiger partial charge in [-0.25, -0.2) is 9.59 Å². The van der Waals surface area contributed by atoms with Crippen LogP contribution < -0.4 is 5.69 Å². The summed E-state index contributed by atoms with van der Waals surface area (Å²) in [5.41, 5.74) is 0.366. The van der Waals surface area contributed by atoms with Crippen LogP contribution in [0.1, 0.15) is 11.6 Å². The van der Waals surface area contributed by atoms with Gasteiger partial charge in [0.15, 0.2) is 6.04 Å². The second kappa shape index (κ2) is 4.69. The molecule has 2 aromatic rings. The number of nitrogens with zero attached hydrogens (tertiary/aromatic N) is 1. The van der Waals surface area contributed by atoms with Crippen molar-refractivity contribution in [3.8, 4) is 0 Å². The van der Waals surface area contributed by atoms with Crippen LogP contribution in [0.15, 0.2) is 47.5 Å². The Kier molecular flexibility index (Phi) is 3.09. The van der Waals surface area contributed by atoms with Gasteiger partial charge in [-0.15, -0.1) is 0 Å². The molecule has 1 aromatic carbocycles. The van der Waals surface area contributed by atoms with E-state index >= 15 is 0 Å². The third kappa shape index (κ3) is 2.13. The van der Waals surface area contributed by atoms with E-state index in [-0.39, 0.29) is 5.69 Å². The number of hydrogen-bond donors (Lipinski definition) is 1. The van der Waals surface area contributed by atoms with Crippen molar-refractivity contribution < 1.29 is 9.53 Å². The lowest BCUT2D eigenvalue weighted by atomic mass is 10.1. The molecule has 0 saturated heterocycles. The normalized spacial score (nSPS) is 12.1. The number of hydrogen-bond acceptors (Lipinski definition) is 3. The molecule has 0 saturated carbocycles. The molecule has 1 atom stereocenters. The van der Waals surface area contributed by atoms with E-state index < -0.39 is 12.0 Å². The Labute approximate surface area is 97.7 Å². The summed E-state index contributed by atoms with van der Waals surface area (Å²) in [7, 11) is 1.30. The third-order valence-corrected chi connectivity index (χ3v) is 2.49. The molecule has 1 unspecified atom stereocenters. The summed E-state index contributed by atoms with van der Waals surface area (Å²) >= 11 is 0. The van der Waals surface area contributed by atoms with Crippen LogP contribution in [0.4, 0.5) is 0 Å². The Morgan fingerprint density at radius 2 is 2.06 bits per heavy atom. The molecule has 1 heterocycles. The van der Waals surface area contributed by atoms with Crippen molar-refractivity contribution in [2.75, 3.05) is 7.11 Å². The Bertz CT molecular complexity index is 556. The maximum atomic E-state index is 11.8. The Balaban J connectivity index is 2.51. The predicted molar refractivity (Wildman–Crippen MR) is 61.6 cm³/mol. The van der Waals surface area contributed by atoms with E-state index in [4.69, 9.17) is 4.74 Å². The zero-order valence-corrected chi connectivity index (χ0v) is 9.29. The van der Waals surface area contributed by atoms with Crippen molar-refractivity contribution in [2.24, 2.45) is 0 Å². The van der Waals surface area contributed by atoms with E-state index in [1.165, 1.54) is 24.1 Å². The summed E-state index contributed by atoms with van der Waals surface area (Å²) < 4.78 is 6.04. The zero-order valence-electron chi connectivity index (χ0n) is 9.29. The molecule has 88 valence electrons. The SMILES string of the molecule is COC(=O)C(c1ccccc1)n1cc[nH]c1=O. The Morgan fingerprint density at radius 1 is 1.35 bits per heavy atom. The molecule has 0 bridgehead atoms. The van der Waals surface area contributed by atoms with Crippen molar-refractivity contribution in [2.45, 2.75) is 6.04 Å². The summed E-state index contributed by atoms with van der Waals surface area (Å²) in [6.07, 6.45) is 3.01. The molecular weight excluding hydrogens is 220 g/mol. The molecule has 0 aliphatic rings. The number of H-pyrrole nitrogens is 1. The van der Waals surface area contributed by atoms with E-state index in [9.17, 15) is 9.59 Å². The minimum absolute atomic E-state index is 0.343. The summed E-state index contributed by atoms with van der Waals surface area (Å²) in [5.74, 6) is -0.474. The lowest BCUT2D eigenvalue weighted by Crippen LogP contribution is -2.29. The van der Waals surface area contributed by atoms with Crippen molar-refractivity contribution in [1.82, 2.24) is 9.55 Å². The summed E-state index contributed by atoms with van der Waals surface area (Å²) in [4.78, 5) is 25.8. The highest BCUT2D eigenvalue weighted by Gasteiger charge is 2.24. The highest BCUT2D eigenvalue weighted by Crippen LogP contribution is 2.17. The Morgan fingerprint density at radius 3 is 2.59 bits per heavy atom. The van der Waals surface area contributed by atoms with Crippen LogP contribution in [0.2, 0.25) is 0 Å². The van der Waals surface area contributed by atoms with Crippen LogP contribution in [-0.4, -0.2) is 22.6 Å². The molecule has 0 aliphatic carbocycles. The average Bonchev–Trinajstić information content (AvgIpc) is 2.77. The largest absolute Gasteiger partial charge is 0.467 e. The highest BCUT2D eigenvalue weighted by molar-refractivity contribution is 5.77. The molecule has 0 radical (unpaired) electrons. The van der Waals surface area contributed by atoms with Gasteiger partial charge in [0, 0.05) is 12.4 Å². The molecule has 5 heteroatoms. The molecule has 0 spiro atoms. The van der Waals surface area contributed by atoms with Crippen molar-refractivity contribution in [1.29, 1.82) is 0 Å². The molecule has 1 N–H and O–H groups in total. The molecule has 0 fully saturated rings. The number of rotatable bonds is 3. The smallest absolute Gasteiger partial charge is 0.333 e. The van der Waals surface area contributed by atoms with Crippen molar-refractivity contribution in [3.63, 3.8) is 0 Å². The fourth-order valence-corrected chi connectivity index (χ4v) is 1.69. The fourth-order valence-electron chi connectivity index (χ4n) is 1.69. The standard InChI is InChI=1S/C12H12N2O3/c1-17-11(15)10(9-5-3-2-4-6-9)14-8-7-13-12(14)16/h2-8,10H,1H3,(H,13,16). The van der Waals surface area contributed by atoms with Crippen LogP contribution in [-0.2, 0) is 9.53 Å². The van der Waals surface area contributed by atoms with E-state index in [1.54, 1.807) is 12.1 Å². The Hall–Kier alpha value is -2.30. The van der Waals surface area contributed by atoms with Gasteiger partial charge in [0.05, 0.1) is 7.11 Å². The van der Waals surface area contributed by atoms with Crippen molar-refractivity contribution in [3.05, 3.63) is 58.8 Å². The van der Waals surface area contributed by atoms with E-state index in [1.807, 2.05) is 18.2 Å². The lowest BCUT2D eigenvalue weighted by molar-refractivity contribution is -0.143. The first-order chi connectivity index (χ1) is 8.24. The van der Waals surface area contributed by atoms with Crippen LogP contribution in [0, 0.1) is 0 Å². The first kappa shape index (κ1) is 11.2.